The molecule has 204 valence electrons. The molecular formula is C27H31BrN2O7S. The molecule has 0 aliphatic carbocycles. The number of halogens is 1. The van der Waals surface area contributed by atoms with Crippen molar-refractivity contribution < 1.29 is 33.0 Å². The molecule has 0 fully saturated rings. The van der Waals surface area contributed by atoms with E-state index in [2.05, 4.69) is 38.9 Å². The molecule has 2 aromatic carbocycles. The lowest BCUT2D eigenvalue weighted by atomic mass is 10.0. The van der Waals surface area contributed by atoms with Gasteiger partial charge in [-0.3, -0.25) is 0 Å². The van der Waals surface area contributed by atoms with Gasteiger partial charge in [-0.25, -0.2) is 9.59 Å². The standard InChI is InChI=1S/C23H27BrN2O3S.C4H4O4/c1-3-14-26(2)15-6-4-5-7-16-29-20-12-13-21-22(17-20)30(27,28)25-23(21)18-8-10-19(24)11-9-18;5-3(6)1-2-4(7)8/h3,8-13,17H,1,4-7,14-16H2,2H3;1-2H,(H,5,6)(H,7,8)/b;2-1+. The Morgan fingerprint density at radius 3 is 2.26 bits per heavy atom. The van der Waals surface area contributed by atoms with Gasteiger partial charge in [-0.15, -0.1) is 6.58 Å². The normalized spacial score (nSPS) is 13.4. The molecule has 11 heteroatoms. The van der Waals surface area contributed by atoms with Gasteiger partial charge < -0.3 is 19.8 Å². The molecule has 1 aliphatic rings. The first kappa shape index (κ1) is 30.9. The number of carboxylic acid groups (broad SMARTS) is 2. The average molecular weight is 608 g/mol. The maximum Gasteiger partial charge on any atom is 0.328 e. The summed E-state index contributed by atoms with van der Waals surface area (Å²) >= 11 is 3.39. The fourth-order valence-corrected chi connectivity index (χ4v) is 5.03. The van der Waals surface area contributed by atoms with E-state index in [0.717, 1.165) is 48.8 Å². The zero-order valence-corrected chi connectivity index (χ0v) is 23.4. The maximum atomic E-state index is 12.5. The van der Waals surface area contributed by atoms with Crippen molar-refractivity contribution in [3.63, 3.8) is 0 Å². The number of hydrogen-bond acceptors (Lipinski definition) is 6. The number of nitrogens with zero attached hydrogens (tertiary/aromatic N) is 2. The molecule has 2 aromatic rings. The Balaban J connectivity index is 0.000000550. The van der Waals surface area contributed by atoms with Crippen molar-refractivity contribution in [3.8, 4) is 5.75 Å². The summed E-state index contributed by atoms with van der Waals surface area (Å²) in [4.78, 5) is 21.6. The largest absolute Gasteiger partial charge is 0.494 e. The van der Waals surface area contributed by atoms with E-state index in [9.17, 15) is 18.0 Å². The van der Waals surface area contributed by atoms with Crippen LogP contribution in [-0.2, 0) is 19.6 Å². The van der Waals surface area contributed by atoms with E-state index >= 15 is 0 Å². The fourth-order valence-electron chi connectivity index (χ4n) is 3.52. The van der Waals surface area contributed by atoms with Crippen molar-refractivity contribution in [2.75, 3.05) is 26.7 Å². The van der Waals surface area contributed by atoms with E-state index in [1.165, 1.54) is 0 Å². The summed E-state index contributed by atoms with van der Waals surface area (Å²) in [7, 11) is -1.61. The quantitative estimate of drug-likeness (QED) is 0.189. The lowest BCUT2D eigenvalue weighted by molar-refractivity contribution is -0.134. The molecule has 3 rings (SSSR count). The van der Waals surface area contributed by atoms with Crippen LogP contribution < -0.4 is 4.74 Å². The van der Waals surface area contributed by atoms with Crippen LogP contribution >= 0.6 is 15.9 Å². The Hall–Kier alpha value is -3.28. The Morgan fingerprint density at radius 2 is 1.66 bits per heavy atom. The van der Waals surface area contributed by atoms with Gasteiger partial charge in [0.1, 0.15) is 10.6 Å². The van der Waals surface area contributed by atoms with E-state index in [-0.39, 0.29) is 4.90 Å². The Bertz CT molecular complexity index is 1270. The summed E-state index contributed by atoms with van der Waals surface area (Å²) < 4.78 is 35.8. The number of unbranched alkanes of at least 4 members (excludes halogenated alkanes) is 3. The minimum atomic E-state index is -3.71. The van der Waals surface area contributed by atoms with Crippen LogP contribution in [0.4, 0.5) is 0 Å². The Labute approximate surface area is 231 Å². The number of benzene rings is 2. The number of fused-ring (bicyclic) bond motifs is 1. The summed E-state index contributed by atoms with van der Waals surface area (Å²) in [6.45, 7) is 6.30. The predicted octanol–water partition coefficient (Wildman–Crippen LogP) is 4.76. The van der Waals surface area contributed by atoms with Crippen LogP contribution in [0.3, 0.4) is 0 Å². The number of carboxylic acids is 2. The summed E-state index contributed by atoms with van der Waals surface area (Å²) in [6, 6.07) is 12.6. The van der Waals surface area contributed by atoms with Gasteiger partial charge >= 0.3 is 11.9 Å². The second kappa shape index (κ2) is 15.2. The van der Waals surface area contributed by atoms with Crippen LogP contribution in [0.25, 0.3) is 0 Å². The number of carbonyl (C=O) groups is 2. The predicted molar refractivity (Wildman–Crippen MR) is 149 cm³/mol. The molecule has 1 aliphatic heterocycles. The van der Waals surface area contributed by atoms with E-state index in [0.29, 0.717) is 35.8 Å². The second-order valence-corrected chi connectivity index (χ2v) is 10.9. The van der Waals surface area contributed by atoms with Crippen molar-refractivity contribution in [2.24, 2.45) is 4.40 Å². The number of hydrogen-bond donors (Lipinski definition) is 2. The molecule has 38 heavy (non-hydrogen) atoms. The number of rotatable bonds is 13. The van der Waals surface area contributed by atoms with Crippen molar-refractivity contribution in [1.82, 2.24) is 4.90 Å². The highest BCUT2D eigenvalue weighted by Crippen LogP contribution is 2.32. The third-order valence-electron chi connectivity index (χ3n) is 5.33. The van der Waals surface area contributed by atoms with Crippen molar-refractivity contribution in [2.45, 2.75) is 30.6 Å². The van der Waals surface area contributed by atoms with Crippen molar-refractivity contribution >= 4 is 43.6 Å². The zero-order valence-electron chi connectivity index (χ0n) is 21.0. The first-order valence-electron chi connectivity index (χ1n) is 11.8. The minimum absolute atomic E-state index is 0.211. The first-order chi connectivity index (χ1) is 18.0. The van der Waals surface area contributed by atoms with Crippen molar-refractivity contribution in [1.29, 1.82) is 0 Å². The van der Waals surface area contributed by atoms with Gasteiger partial charge in [0.25, 0.3) is 10.0 Å². The monoisotopic (exact) mass is 606 g/mol. The van der Waals surface area contributed by atoms with E-state index in [4.69, 9.17) is 14.9 Å². The molecule has 2 N–H and O–H groups in total. The lowest BCUT2D eigenvalue weighted by Crippen LogP contribution is -2.19. The molecule has 0 atom stereocenters. The van der Waals surface area contributed by atoms with Crippen LogP contribution in [0, 0.1) is 0 Å². The number of aliphatic carboxylic acids is 2. The third kappa shape index (κ3) is 10.2. The number of ether oxygens (including phenoxy) is 1. The smallest absolute Gasteiger partial charge is 0.328 e. The third-order valence-corrected chi connectivity index (χ3v) is 7.17. The lowest BCUT2D eigenvalue weighted by Gasteiger charge is -2.13. The molecule has 0 spiro atoms. The second-order valence-electron chi connectivity index (χ2n) is 8.40. The maximum absolute atomic E-state index is 12.5. The SMILES string of the molecule is C=CCN(C)CCCCCCOc1ccc2c(c1)S(=O)(=O)N=C2c1ccc(Br)cc1.O=C(O)/C=C/C(=O)O. The molecule has 0 bridgehead atoms. The van der Waals surface area contributed by atoms with Gasteiger partial charge in [-0.2, -0.15) is 12.8 Å². The van der Waals surface area contributed by atoms with Gasteiger partial charge in [0.15, 0.2) is 0 Å². The van der Waals surface area contributed by atoms with Gasteiger partial charge in [0.2, 0.25) is 0 Å². The summed E-state index contributed by atoms with van der Waals surface area (Å²) in [6.07, 6.45) is 7.35. The minimum Gasteiger partial charge on any atom is -0.494 e. The molecular weight excluding hydrogens is 576 g/mol. The zero-order chi connectivity index (χ0) is 28.1. The number of likely N-dealkylation sites (N-methyl/N-ethyl adjacent to an activating group) is 1. The average Bonchev–Trinajstić information content (AvgIpc) is 3.13. The molecule has 0 aromatic heterocycles. The highest BCUT2D eigenvalue weighted by Gasteiger charge is 2.30. The fraction of sp³-hybridized carbons (Fsp3) is 0.296. The first-order valence-corrected chi connectivity index (χ1v) is 14.1. The Kier molecular flexibility index (Phi) is 12.4. The van der Waals surface area contributed by atoms with Crippen LogP contribution in [0.1, 0.15) is 36.8 Å². The molecule has 0 unspecified atom stereocenters. The van der Waals surface area contributed by atoms with Gasteiger partial charge in [-0.1, -0.05) is 47.0 Å². The molecule has 0 saturated heterocycles. The molecule has 9 nitrogen and oxygen atoms in total. The molecule has 1 heterocycles. The van der Waals surface area contributed by atoms with Crippen LogP contribution in [0.2, 0.25) is 0 Å². The summed E-state index contributed by atoms with van der Waals surface area (Å²) in [5.41, 5.74) is 1.87. The van der Waals surface area contributed by atoms with Crippen LogP contribution in [0.15, 0.2) is 81.0 Å². The van der Waals surface area contributed by atoms with Crippen LogP contribution in [0.5, 0.6) is 5.75 Å². The van der Waals surface area contributed by atoms with Crippen molar-refractivity contribution in [3.05, 3.63) is 82.9 Å². The molecule has 0 saturated carbocycles. The molecule has 0 radical (unpaired) electrons. The van der Waals surface area contributed by atoms with Gasteiger partial charge in [0.05, 0.1) is 12.3 Å². The topological polar surface area (TPSA) is 134 Å². The molecule has 0 amide bonds. The summed E-state index contributed by atoms with van der Waals surface area (Å²) in [5, 5.41) is 15.6. The Morgan fingerprint density at radius 1 is 1.03 bits per heavy atom. The summed E-state index contributed by atoms with van der Waals surface area (Å²) in [5.74, 6) is -1.95. The van der Waals surface area contributed by atoms with E-state index < -0.39 is 22.0 Å². The number of sulfonamides is 1. The van der Waals surface area contributed by atoms with Gasteiger partial charge in [0, 0.05) is 40.4 Å². The highest BCUT2D eigenvalue weighted by atomic mass is 79.9. The van der Waals surface area contributed by atoms with Crippen LogP contribution in [-0.4, -0.2) is 67.9 Å². The van der Waals surface area contributed by atoms with E-state index in [1.807, 2.05) is 36.4 Å². The van der Waals surface area contributed by atoms with Gasteiger partial charge in [-0.05, 0) is 50.7 Å². The van der Waals surface area contributed by atoms with E-state index in [1.54, 1.807) is 12.1 Å². The highest BCUT2D eigenvalue weighted by molar-refractivity contribution is 9.10.